The summed E-state index contributed by atoms with van der Waals surface area (Å²) in [6.45, 7) is 8.67. The molecule has 3 aromatic rings. The number of benzene rings is 2. The minimum absolute atomic E-state index is 0.175. The molecule has 170 valence electrons. The number of hydrogen-bond donors (Lipinski definition) is 0. The van der Waals surface area contributed by atoms with E-state index in [0.29, 0.717) is 12.4 Å². The largest absolute Gasteiger partial charge is 0.484 e. The van der Waals surface area contributed by atoms with Gasteiger partial charge in [-0.15, -0.1) is 0 Å². The summed E-state index contributed by atoms with van der Waals surface area (Å²) < 4.78 is 26.6. The molecule has 1 aliphatic heterocycles. The molecular formula is C28H28FNO3. The highest BCUT2D eigenvalue weighted by Crippen LogP contribution is 2.53. The van der Waals surface area contributed by atoms with Gasteiger partial charge in [0.15, 0.2) is 11.5 Å². The lowest BCUT2D eigenvalue weighted by Gasteiger charge is -2.24. The lowest BCUT2D eigenvalue weighted by molar-refractivity contribution is -0.104. The van der Waals surface area contributed by atoms with Crippen LogP contribution in [0.4, 0.5) is 4.39 Å². The molecule has 1 aromatic heterocycles. The monoisotopic (exact) mass is 445 g/mol. The molecule has 0 aliphatic carbocycles. The van der Waals surface area contributed by atoms with E-state index in [0.717, 1.165) is 51.8 Å². The highest BCUT2D eigenvalue weighted by atomic mass is 19.1. The number of ether oxygens (including phenoxy) is 2. The zero-order valence-corrected chi connectivity index (χ0v) is 19.4. The summed E-state index contributed by atoms with van der Waals surface area (Å²) in [6, 6.07) is 10.1. The molecule has 0 amide bonds. The lowest BCUT2D eigenvalue weighted by atomic mass is 9.83. The second kappa shape index (κ2) is 9.18. The lowest BCUT2D eigenvalue weighted by Crippen LogP contribution is -2.25. The Kier molecular flexibility index (Phi) is 6.32. The number of allylic oxidation sites excluding steroid dienone is 1. The van der Waals surface area contributed by atoms with Crippen molar-refractivity contribution in [1.82, 2.24) is 4.98 Å². The minimum Gasteiger partial charge on any atom is -0.484 e. The van der Waals surface area contributed by atoms with Crippen molar-refractivity contribution < 1.29 is 18.7 Å². The number of halogens is 1. The first kappa shape index (κ1) is 22.7. The van der Waals surface area contributed by atoms with Gasteiger partial charge < -0.3 is 9.47 Å². The Hall–Kier alpha value is -3.47. The van der Waals surface area contributed by atoms with E-state index in [9.17, 15) is 9.18 Å². The predicted octanol–water partition coefficient (Wildman–Crippen LogP) is 6.52. The van der Waals surface area contributed by atoms with Crippen molar-refractivity contribution in [3.8, 4) is 22.6 Å². The Bertz CT molecular complexity index is 1180. The van der Waals surface area contributed by atoms with Crippen LogP contribution in [0.2, 0.25) is 0 Å². The number of pyridine rings is 1. The quantitative estimate of drug-likeness (QED) is 0.307. The van der Waals surface area contributed by atoms with E-state index >= 15 is 0 Å². The third-order valence-electron chi connectivity index (χ3n) is 5.73. The maximum Gasteiger partial charge on any atom is 0.170 e. The standard InChI is InChI=1S/C28H28FNO3/c1-18(2)24-22(8-6-14-31)25(20-9-11-21(29)12-10-20)27(26-23(24)15-28(3,4)33-26)32-17-19-7-5-13-30-16-19/h5-14,16,18H,15,17H2,1-4H3/b8-6+. The molecule has 2 heterocycles. The first-order valence-corrected chi connectivity index (χ1v) is 11.1. The second-order valence-corrected chi connectivity index (χ2v) is 9.18. The molecule has 0 N–H and O–H groups in total. The SMILES string of the molecule is CC(C)c1c(/C=C/C=O)c(-c2ccc(F)cc2)c(OCc2cccnc2)c2c1CC(C)(C)O2. The summed E-state index contributed by atoms with van der Waals surface area (Å²) >= 11 is 0. The van der Waals surface area contributed by atoms with Gasteiger partial charge >= 0.3 is 0 Å². The Morgan fingerprint density at radius 3 is 2.61 bits per heavy atom. The average Bonchev–Trinajstić information content (AvgIpc) is 3.11. The molecule has 33 heavy (non-hydrogen) atoms. The van der Waals surface area contributed by atoms with Crippen LogP contribution in [0.25, 0.3) is 17.2 Å². The van der Waals surface area contributed by atoms with Crippen LogP contribution in [-0.2, 0) is 17.8 Å². The average molecular weight is 446 g/mol. The van der Waals surface area contributed by atoms with Gasteiger partial charge in [0, 0.05) is 35.5 Å². The summed E-state index contributed by atoms with van der Waals surface area (Å²) in [5.74, 6) is 1.18. The van der Waals surface area contributed by atoms with Gasteiger partial charge in [-0.05, 0) is 60.7 Å². The van der Waals surface area contributed by atoms with Crippen LogP contribution in [-0.4, -0.2) is 16.9 Å². The third-order valence-corrected chi connectivity index (χ3v) is 5.73. The van der Waals surface area contributed by atoms with E-state index < -0.39 is 5.60 Å². The number of aromatic nitrogens is 1. The van der Waals surface area contributed by atoms with Crippen molar-refractivity contribution in [3.05, 3.63) is 82.9 Å². The zero-order chi connectivity index (χ0) is 23.6. The summed E-state index contributed by atoms with van der Waals surface area (Å²) in [5.41, 5.74) is 5.20. The molecule has 0 saturated heterocycles. The number of hydrogen-bond acceptors (Lipinski definition) is 4. The van der Waals surface area contributed by atoms with Crippen LogP contribution in [0, 0.1) is 5.82 Å². The second-order valence-electron chi connectivity index (χ2n) is 9.18. The molecule has 2 aromatic carbocycles. The maximum absolute atomic E-state index is 13.8. The number of nitrogens with zero attached hydrogens (tertiary/aromatic N) is 1. The van der Waals surface area contributed by atoms with Crippen molar-refractivity contribution in [2.45, 2.75) is 52.2 Å². The van der Waals surface area contributed by atoms with Crippen molar-refractivity contribution >= 4 is 12.4 Å². The number of rotatable bonds is 7. The van der Waals surface area contributed by atoms with E-state index in [2.05, 4.69) is 32.7 Å². The molecule has 4 rings (SSSR count). The zero-order valence-electron chi connectivity index (χ0n) is 19.4. The van der Waals surface area contributed by atoms with Gasteiger partial charge in [0.1, 0.15) is 24.3 Å². The van der Waals surface area contributed by atoms with Crippen molar-refractivity contribution in [2.24, 2.45) is 0 Å². The molecule has 4 nitrogen and oxygen atoms in total. The molecular weight excluding hydrogens is 417 g/mol. The molecule has 0 saturated carbocycles. The van der Waals surface area contributed by atoms with Crippen LogP contribution in [0.1, 0.15) is 55.9 Å². The first-order chi connectivity index (χ1) is 15.8. The van der Waals surface area contributed by atoms with Gasteiger partial charge in [-0.3, -0.25) is 9.78 Å². The van der Waals surface area contributed by atoms with Gasteiger partial charge in [0.2, 0.25) is 0 Å². The van der Waals surface area contributed by atoms with Crippen molar-refractivity contribution in [2.75, 3.05) is 0 Å². The number of carbonyl (C=O) groups is 1. The van der Waals surface area contributed by atoms with Gasteiger partial charge in [0.25, 0.3) is 0 Å². The smallest absolute Gasteiger partial charge is 0.170 e. The van der Waals surface area contributed by atoms with Crippen molar-refractivity contribution in [1.29, 1.82) is 0 Å². The van der Waals surface area contributed by atoms with E-state index in [1.165, 1.54) is 18.2 Å². The highest BCUT2D eigenvalue weighted by molar-refractivity contribution is 5.89. The molecule has 0 fully saturated rings. The van der Waals surface area contributed by atoms with Gasteiger partial charge in [-0.25, -0.2) is 4.39 Å². The van der Waals surface area contributed by atoms with Gasteiger partial charge in [-0.2, -0.15) is 0 Å². The molecule has 0 radical (unpaired) electrons. The van der Waals surface area contributed by atoms with Crippen LogP contribution < -0.4 is 9.47 Å². The summed E-state index contributed by atoms with van der Waals surface area (Å²) in [5, 5.41) is 0. The van der Waals surface area contributed by atoms with E-state index in [-0.39, 0.29) is 11.7 Å². The molecule has 1 aliphatic rings. The molecule has 0 bridgehead atoms. The van der Waals surface area contributed by atoms with Crippen LogP contribution in [0.5, 0.6) is 11.5 Å². The predicted molar refractivity (Wildman–Crippen MR) is 128 cm³/mol. The summed E-state index contributed by atoms with van der Waals surface area (Å²) in [4.78, 5) is 15.5. The van der Waals surface area contributed by atoms with E-state index in [4.69, 9.17) is 9.47 Å². The fraction of sp³-hybridized carbons (Fsp3) is 0.286. The summed E-state index contributed by atoms with van der Waals surface area (Å²) in [7, 11) is 0. The van der Waals surface area contributed by atoms with Crippen LogP contribution in [0.3, 0.4) is 0 Å². The normalized spacial score (nSPS) is 14.4. The number of aldehydes is 1. The maximum atomic E-state index is 13.8. The molecule has 0 atom stereocenters. The third kappa shape index (κ3) is 4.68. The Labute approximate surface area is 194 Å². The van der Waals surface area contributed by atoms with Gasteiger partial charge in [-0.1, -0.05) is 38.1 Å². The number of carbonyl (C=O) groups excluding carboxylic acids is 1. The highest BCUT2D eigenvalue weighted by Gasteiger charge is 2.38. The van der Waals surface area contributed by atoms with Gasteiger partial charge in [0.05, 0.1) is 0 Å². The number of fused-ring (bicyclic) bond motifs is 1. The van der Waals surface area contributed by atoms with Crippen LogP contribution in [0.15, 0.2) is 54.9 Å². The minimum atomic E-state index is -0.397. The topological polar surface area (TPSA) is 48.4 Å². The van der Waals surface area contributed by atoms with Crippen molar-refractivity contribution in [3.63, 3.8) is 0 Å². The van der Waals surface area contributed by atoms with Crippen LogP contribution >= 0.6 is 0 Å². The Morgan fingerprint density at radius 1 is 1.21 bits per heavy atom. The first-order valence-electron chi connectivity index (χ1n) is 11.1. The van der Waals surface area contributed by atoms with E-state index in [1.54, 1.807) is 24.5 Å². The fourth-order valence-corrected chi connectivity index (χ4v) is 4.46. The molecule has 5 heteroatoms. The fourth-order valence-electron chi connectivity index (χ4n) is 4.46. The van der Waals surface area contributed by atoms with E-state index in [1.807, 2.05) is 18.2 Å². The Morgan fingerprint density at radius 2 is 1.97 bits per heavy atom. The summed E-state index contributed by atoms with van der Waals surface area (Å²) in [6.07, 6.45) is 8.29. The molecule has 0 spiro atoms. The molecule has 0 unspecified atom stereocenters. The Balaban J connectivity index is 2.01.